The average molecular weight is 377 g/mol. The number of fused-ring (bicyclic) bond motifs is 2. The highest BCUT2D eigenvalue weighted by Crippen LogP contribution is 2.24. The average Bonchev–Trinajstić information content (AvgIpc) is 3.08. The number of amides is 1. The summed E-state index contributed by atoms with van der Waals surface area (Å²) in [6, 6.07) is 16.2. The number of nitrogens with one attached hydrogen (secondary N) is 1. The van der Waals surface area contributed by atoms with Gasteiger partial charge in [0.05, 0.1) is 7.11 Å². The zero-order valence-corrected chi connectivity index (χ0v) is 15.5. The third-order valence-corrected chi connectivity index (χ3v) is 4.55. The van der Waals surface area contributed by atoms with Crippen LogP contribution in [0.5, 0.6) is 5.75 Å². The van der Waals surface area contributed by atoms with Crippen molar-refractivity contribution in [2.45, 2.75) is 19.4 Å². The first-order valence-corrected chi connectivity index (χ1v) is 8.94. The molecule has 0 saturated carbocycles. The molecule has 1 atom stereocenters. The van der Waals surface area contributed by atoms with Crippen molar-refractivity contribution in [3.8, 4) is 5.75 Å². The summed E-state index contributed by atoms with van der Waals surface area (Å²) < 4.78 is 16.3. The van der Waals surface area contributed by atoms with Gasteiger partial charge in [-0.05, 0) is 31.2 Å². The summed E-state index contributed by atoms with van der Waals surface area (Å²) in [6.07, 6.45) is 0.507. The van der Waals surface area contributed by atoms with E-state index in [-0.39, 0.29) is 11.6 Å². The van der Waals surface area contributed by atoms with Crippen molar-refractivity contribution < 1.29 is 18.4 Å². The topological polar surface area (TPSA) is 81.7 Å². The van der Waals surface area contributed by atoms with Crippen LogP contribution in [0.4, 0.5) is 0 Å². The molecule has 0 aliphatic carbocycles. The molecule has 0 radical (unpaired) electrons. The monoisotopic (exact) mass is 377 g/mol. The second-order valence-electron chi connectivity index (χ2n) is 6.66. The molecule has 4 rings (SSSR count). The summed E-state index contributed by atoms with van der Waals surface area (Å²) >= 11 is 0. The van der Waals surface area contributed by atoms with Crippen molar-refractivity contribution in [3.63, 3.8) is 0 Å². The number of para-hydroxylation sites is 2. The zero-order valence-electron chi connectivity index (χ0n) is 15.5. The number of carbonyl (C=O) groups excluding carboxylic acids is 1. The summed E-state index contributed by atoms with van der Waals surface area (Å²) in [5.74, 6) is 0.728. The standard InChI is InChI=1S/C22H19NO5/c1-13(10-16-11-14-6-3-4-8-18(14)27-16)23-21(24)17-12-15-7-5-9-19(26-2)20(15)28-22(17)25/h3-9,11-13H,10H2,1-2H3,(H,23,24)/t13-/m1/s1. The van der Waals surface area contributed by atoms with Crippen molar-refractivity contribution in [1.29, 1.82) is 0 Å². The molecule has 0 aliphatic rings. The molecule has 0 saturated heterocycles. The summed E-state index contributed by atoms with van der Waals surface area (Å²) in [7, 11) is 1.50. The van der Waals surface area contributed by atoms with Crippen molar-refractivity contribution in [3.05, 3.63) is 76.3 Å². The molecule has 0 bridgehead atoms. The molecule has 2 aromatic carbocycles. The van der Waals surface area contributed by atoms with E-state index in [0.29, 0.717) is 23.1 Å². The van der Waals surface area contributed by atoms with E-state index in [1.807, 2.05) is 37.3 Å². The van der Waals surface area contributed by atoms with Gasteiger partial charge in [-0.2, -0.15) is 0 Å². The van der Waals surface area contributed by atoms with E-state index >= 15 is 0 Å². The minimum atomic E-state index is -0.703. The lowest BCUT2D eigenvalue weighted by molar-refractivity contribution is 0.0936. The smallest absolute Gasteiger partial charge is 0.349 e. The van der Waals surface area contributed by atoms with Crippen LogP contribution in [0, 0.1) is 0 Å². The minimum Gasteiger partial charge on any atom is -0.493 e. The van der Waals surface area contributed by atoms with E-state index in [1.54, 1.807) is 18.2 Å². The summed E-state index contributed by atoms with van der Waals surface area (Å²) in [5, 5.41) is 4.47. The Balaban J connectivity index is 1.54. The maximum atomic E-state index is 12.6. The van der Waals surface area contributed by atoms with E-state index in [1.165, 1.54) is 13.2 Å². The van der Waals surface area contributed by atoms with Gasteiger partial charge in [-0.1, -0.05) is 30.3 Å². The highest BCUT2D eigenvalue weighted by atomic mass is 16.5. The third-order valence-electron chi connectivity index (χ3n) is 4.55. The van der Waals surface area contributed by atoms with Crippen LogP contribution in [0.25, 0.3) is 21.9 Å². The van der Waals surface area contributed by atoms with Gasteiger partial charge in [-0.15, -0.1) is 0 Å². The number of methoxy groups -OCH3 is 1. The number of benzene rings is 2. The van der Waals surface area contributed by atoms with Gasteiger partial charge in [0.1, 0.15) is 16.9 Å². The molecule has 1 amide bonds. The van der Waals surface area contributed by atoms with E-state index in [0.717, 1.165) is 16.7 Å². The maximum Gasteiger partial charge on any atom is 0.349 e. The summed E-state index contributed by atoms with van der Waals surface area (Å²) in [6.45, 7) is 1.86. The molecule has 0 aliphatic heterocycles. The van der Waals surface area contributed by atoms with Crippen LogP contribution in [-0.4, -0.2) is 19.1 Å². The SMILES string of the molecule is COc1cccc2cc(C(=O)N[C@H](C)Cc3cc4ccccc4o3)c(=O)oc12. The normalized spacial score (nSPS) is 12.2. The van der Waals surface area contributed by atoms with Crippen LogP contribution in [0.2, 0.25) is 0 Å². The molecule has 2 heterocycles. The van der Waals surface area contributed by atoms with E-state index in [4.69, 9.17) is 13.6 Å². The predicted molar refractivity (Wildman–Crippen MR) is 106 cm³/mol. The molecular formula is C22H19NO5. The fraction of sp³-hybridized carbons (Fsp3) is 0.182. The molecule has 1 N–H and O–H groups in total. The third kappa shape index (κ3) is 3.36. The number of hydrogen-bond acceptors (Lipinski definition) is 5. The second kappa shape index (κ2) is 7.23. The molecule has 142 valence electrons. The first-order chi connectivity index (χ1) is 13.5. The van der Waals surface area contributed by atoms with Crippen LogP contribution >= 0.6 is 0 Å². The Morgan fingerprint density at radius 1 is 1.07 bits per heavy atom. The first-order valence-electron chi connectivity index (χ1n) is 8.94. The van der Waals surface area contributed by atoms with Crippen LogP contribution in [0.3, 0.4) is 0 Å². The number of furan rings is 1. The van der Waals surface area contributed by atoms with Gasteiger partial charge in [-0.3, -0.25) is 4.79 Å². The zero-order chi connectivity index (χ0) is 19.7. The molecule has 4 aromatic rings. The Bertz CT molecular complexity index is 1190. The van der Waals surface area contributed by atoms with Crippen molar-refractivity contribution in [2.24, 2.45) is 0 Å². The lowest BCUT2D eigenvalue weighted by Crippen LogP contribution is -2.36. The quantitative estimate of drug-likeness (QED) is 0.533. The minimum absolute atomic E-state index is 0.0443. The summed E-state index contributed by atoms with van der Waals surface area (Å²) in [4.78, 5) is 24.9. The lowest BCUT2D eigenvalue weighted by atomic mass is 10.1. The van der Waals surface area contributed by atoms with Crippen molar-refractivity contribution in [2.75, 3.05) is 7.11 Å². The fourth-order valence-electron chi connectivity index (χ4n) is 3.23. The number of ether oxygens (including phenoxy) is 1. The van der Waals surface area contributed by atoms with Gasteiger partial charge < -0.3 is 18.9 Å². The molecule has 0 fully saturated rings. The number of hydrogen-bond donors (Lipinski definition) is 1. The second-order valence-corrected chi connectivity index (χ2v) is 6.66. The van der Waals surface area contributed by atoms with Crippen LogP contribution < -0.4 is 15.7 Å². The van der Waals surface area contributed by atoms with Crippen LogP contribution in [-0.2, 0) is 6.42 Å². The lowest BCUT2D eigenvalue weighted by Gasteiger charge is -2.12. The van der Waals surface area contributed by atoms with Gasteiger partial charge in [0.2, 0.25) is 0 Å². The molecular weight excluding hydrogens is 358 g/mol. The van der Waals surface area contributed by atoms with Crippen molar-refractivity contribution >= 4 is 27.8 Å². The number of carbonyl (C=O) groups is 1. The number of rotatable bonds is 5. The van der Waals surface area contributed by atoms with Crippen LogP contribution in [0.15, 0.2) is 68.2 Å². The van der Waals surface area contributed by atoms with E-state index < -0.39 is 11.5 Å². The largest absolute Gasteiger partial charge is 0.493 e. The Hall–Kier alpha value is -3.54. The van der Waals surface area contributed by atoms with Gasteiger partial charge in [0.15, 0.2) is 11.3 Å². The first kappa shape index (κ1) is 17.9. The van der Waals surface area contributed by atoms with Crippen LogP contribution in [0.1, 0.15) is 23.0 Å². The molecule has 6 nitrogen and oxygen atoms in total. The highest BCUT2D eigenvalue weighted by molar-refractivity contribution is 5.97. The predicted octanol–water partition coefficient (Wildman–Crippen LogP) is 3.91. The molecule has 2 aromatic heterocycles. The van der Waals surface area contributed by atoms with Crippen molar-refractivity contribution in [1.82, 2.24) is 5.32 Å². The Morgan fingerprint density at radius 3 is 2.64 bits per heavy atom. The Morgan fingerprint density at radius 2 is 1.86 bits per heavy atom. The highest BCUT2D eigenvalue weighted by Gasteiger charge is 2.18. The van der Waals surface area contributed by atoms with Gasteiger partial charge in [0, 0.05) is 23.2 Å². The Labute approximate surface area is 160 Å². The van der Waals surface area contributed by atoms with Gasteiger partial charge >= 0.3 is 5.63 Å². The maximum absolute atomic E-state index is 12.6. The van der Waals surface area contributed by atoms with Gasteiger partial charge in [0.25, 0.3) is 5.91 Å². The van der Waals surface area contributed by atoms with Gasteiger partial charge in [-0.25, -0.2) is 4.79 Å². The van der Waals surface area contributed by atoms with E-state index in [2.05, 4.69) is 5.32 Å². The van der Waals surface area contributed by atoms with E-state index in [9.17, 15) is 9.59 Å². The molecule has 0 spiro atoms. The molecule has 0 unspecified atom stereocenters. The molecule has 28 heavy (non-hydrogen) atoms. The summed E-state index contributed by atoms with van der Waals surface area (Å²) in [5.41, 5.74) is 0.379. The Kier molecular flexibility index (Phi) is 4.61. The molecule has 6 heteroatoms. The fourth-order valence-corrected chi connectivity index (χ4v) is 3.23.